The lowest BCUT2D eigenvalue weighted by molar-refractivity contribution is -0.116. The standard InChI is InChI=1S/C28H25N3O4S/c32-27(20-36-28-30-29-26(35-28)18-22-10-5-2-6-11-22)31(15-7-12-21-8-3-1-4-9-21)23-13-14-24-25(19-23)34-17-16-33-24/h1-14,19H,15-18,20H2. The molecule has 1 amide bonds. The molecular formula is C28H25N3O4S. The molecule has 0 radical (unpaired) electrons. The number of carbonyl (C=O) groups excluding carboxylic acids is 1. The molecule has 0 spiro atoms. The van der Waals surface area contributed by atoms with Gasteiger partial charge in [-0.15, -0.1) is 10.2 Å². The van der Waals surface area contributed by atoms with E-state index in [0.29, 0.717) is 48.8 Å². The molecule has 36 heavy (non-hydrogen) atoms. The second kappa shape index (κ2) is 11.6. The van der Waals surface area contributed by atoms with Crippen LogP contribution in [0.1, 0.15) is 17.0 Å². The summed E-state index contributed by atoms with van der Waals surface area (Å²) in [5.74, 6) is 1.91. The van der Waals surface area contributed by atoms with Crippen molar-refractivity contribution in [2.45, 2.75) is 11.6 Å². The van der Waals surface area contributed by atoms with Crippen molar-refractivity contribution in [1.29, 1.82) is 0 Å². The third kappa shape index (κ3) is 6.14. The zero-order chi connectivity index (χ0) is 24.6. The molecule has 1 aliphatic heterocycles. The highest BCUT2D eigenvalue weighted by molar-refractivity contribution is 7.99. The zero-order valence-electron chi connectivity index (χ0n) is 19.6. The molecule has 7 nitrogen and oxygen atoms in total. The Kier molecular flexibility index (Phi) is 7.63. The van der Waals surface area contributed by atoms with E-state index in [-0.39, 0.29) is 11.7 Å². The van der Waals surface area contributed by atoms with E-state index in [1.165, 1.54) is 11.8 Å². The highest BCUT2D eigenvalue weighted by Gasteiger charge is 2.20. The molecule has 3 aromatic carbocycles. The van der Waals surface area contributed by atoms with Gasteiger partial charge in [-0.3, -0.25) is 4.79 Å². The van der Waals surface area contributed by atoms with E-state index in [4.69, 9.17) is 13.9 Å². The van der Waals surface area contributed by atoms with Crippen molar-refractivity contribution in [3.63, 3.8) is 0 Å². The highest BCUT2D eigenvalue weighted by atomic mass is 32.2. The first kappa shape index (κ1) is 23.7. The summed E-state index contributed by atoms with van der Waals surface area (Å²) in [6.45, 7) is 1.40. The fraction of sp³-hybridized carbons (Fsp3) is 0.179. The van der Waals surface area contributed by atoms with Crippen molar-refractivity contribution in [3.05, 3.63) is 102 Å². The number of rotatable bonds is 9. The molecule has 0 unspecified atom stereocenters. The highest BCUT2D eigenvalue weighted by Crippen LogP contribution is 2.34. The minimum atomic E-state index is -0.0859. The van der Waals surface area contributed by atoms with Crippen LogP contribution in [0.25, 0.3) is 6.08 Å². The van der Waals surface area contributed by atoms with E-state index in [1.807, 2.05) is 91.0 Å². The Bertz CT molecular complexity index is 1330. The average molecular weight is 500 g/mol. The number of carbonyl (C=O) groups is 1. The number of nitrogens with zero attached hydrogens (tertiary/aromatic N) is 3. The van der Waals surface area contributed by atoms with Crippen LogP contribution in [-0.2, 0) is 11.2 Å². The molecular weight excluding hydrogens is 474 g/mol. The van der Waals surface area contributed by atoms with Gasteiger partial charge in [0, 0.05) is 18.3 Å². The maximum Gasteiger partial charge on any atom is 0.277 e. The van der Waals surface area contributed by atoms with Gasteiger partial charge in [-0.1, -0.05) is 84.6 Å². The fourth-order valence-corrected chi connectivity index (χ4v) is 4.41. The van der Waals surface area contributed by atoms with Gasteiger partial charge in [0.05, 0.1) is 12.2 Å². The maximum atomic E-state index is 13.3. The van der Waals surface area contributed by atoms with Gasteiger partial charge in [-0.05, 0) is 23.3 Å². The van der Waals surface area contributed by atoms with Gasteiger partial charge in [-0.2, -0.15) is 0 Å². The fourth-order valence-electron chi connectivity index (χ4n) is 3.75. The Balaban J connectivity index is 1.28. The summed E-state index contributed by atoms with van der Waals surface area (Å²) in [5.41, 5.74) is 2.89. The van der Waals surface area contributed by atoms with Crippen LogP contribution >= 0.6 is 11.8 Å². The number of anilines is 1. The first-order valence-corrected chi connectivity index (χ1v) is 12.6. The van der Waals surface area contributed by atoms with Crippen LogP contribution < -0.4 is 14.4 Å². The summed E-state index contributed by atoms with van der Waals surface area (Å²) < 4.78 is 17.1. The number of hydrogen-bond donors (Lipinski definition) is 0. The molecule has 0 atom stereocenters. The third-order valence-electron chi connectivity index (χ3n) is 5.50. The molecule has 8 heteroatoms. The lowest BCUT2D eigenvalue weighted by Gasteiger charge is -2.24. The summed E-state index contributed by atoms with van der Waals surface area (Å²) in [6.07, 6.45) is 4.52. The van der Waals surface area contributed by atoms with Crippen LogP contribution in [0.3, 0.4) is 0 Å². The second-order valence-electron chi connectivity index (χ2n) is 8.06. The molecule has 0 bridgehead atoms. The quantitative estimate of drug-likeness (QED) is 0.290. The Hall–Kier alpha value is -4.04. The van der Waals surface area contributed by atoms with Crippen LogP contribution in [0, 0.1) is 0 Å². The number of amides is 1. The monoisotopic (exact) mass is 499 g/mol. The number of aromatic nitrogens is 2. The van der Waals surface area contributed by atoms with Gasteiger partial charge in [0.1, 0.15) is 13.2 Å². The van der Waals surface area contributed by atoms with Gasteiger partial charge in [0.25, 0.3) is 5.22 Å². The molecule has 2 heterocycles. The van der Waals surface area contributed by atoms with E-state index < -0.39 is 0 Å². The Morgan fingerprint density at radius 1 is 0.917 bits per heavy atom. The molecule has 0 aliphatic carbocycles. The van der Waals surface area contributed by atoms with Gasteiger partial charge in [-0.25, -0.2) is 0 Å². The summed E-state index contributed by atoms with van der Waals surface area (Å²) in [5, 5.41) is 8.59. The first-order chi connectivity index (χ1) is 17.7. The molecule has 0 fully saturated rings. The maximum absolute atomic E-state index is 13.3. The van der Waals surface area contributed by atoms with Crippen LogP contribution in [-0.4, -0.2) is 41.6 Å². The average Bonchev–Trinajstić information content (AvgIpc) is 3.38. The SMILES string of the molecule is O=C(CSc1nnc(Cc2ccccc2)o1)N(CC=Cc1ccccc1)c1ccc2c(c1)OCCO2. The molecule has 1 aromatic heterocycles. The number of thioether (sulfide) groups is 1. The first-order valence-electron chi connectivity index (χ1n) is 11.7. The van der Waals surface area contributed by atoms with Crippen LogP contribution in [0.4, 0.5) is 5.69 Å². The van der Waals surface area contributed by atoms with Crippen molar-refractivity contribution in [3.8, 4) is 11.5 Å². The Morgan fingerprint density at radius 3 is 2.47 bits per heavy atom. The molecule has 182 valence electrons. The van der Waals surface area contributed by atoms with Gasteiger partial charge in [0.15, 0.2) is 11.5 Å². The lowest BCUT2D eigenvalue weighted by atomic mass is 10.2. The van der Waals surface area contributed by atoms with Crippen molar-refractivity contribution >= 4 is 29.4 Å². The topological polar surface area (TPSA) is 77.7 Å². The Morgan fingerprint density at radius 2 is 1.67 bits per heavy atom. The smallest absolute Gasteiger partial charge is 0.277 e. The summed E-state index contributed by atoms with van der Waals surface area (Å²) >= 11 is 1.23. The van der Waals surface area contributed by atoms with E-state index in [0.717, 1.165) is 16.8 Å². The largest absolute Gasteiger partial charge is 0.486 e. The lowest BCUT2D eigenvalue weighted by Crippen LogP contribution is -2.32. The summed E-state index contributed by atoms with van der Waals surface area (Å²) in [4.78, 5) is 15.0. The van der Waals surface area contributed by atoms with Crippen molar-refractivity contribution in [1.82, 2.24) is 10.2 Å². The predicted octanol–water partition coefficient (Wildman–Crippen LogP) is 5.27. The van der Waals surface area contributed by atoms with Crippen molar-refractivity contribution < 1.29 is 18.7 Å². The summed E-state index contributed by atoms with van der Waals surface area (Å²) in [6, 6.07) is 25.5. The van der Waals surface area contributed by atoms with E-state index in [9.17, 15) is 4.79 Å². The normalized spacial score (nSPS) is 12.6. The van der Waals surface area contributed by atoms with Gasteiger partial charge < -0.3 is 18.8 Å². The predicted molar refractivity (Wildman–Crippen MR) is 140 cm³/mol. The van der Waals surface area contributed by atoms with Crippen LogP contribution in [0.5, 0.6) is 11.5 Å². The number of hydrogen-bond acceptors (Lipinski definition) is 7. The van der Waals surface area contributed by atoms with Crippen LogP contribution in [0.2, 0.25) is 0 Å². The minimum Gasteiger partial charge on any atom is -0.486 e. The molecule has 0 saturated heterocycles. The summed E-state index contributed by atoms with van der Waals surface area (Å²) in [7, 11) is 0. The van der Waals surface area contributed by atoms with Gasteiger partial charge >= 0.3 is 0 Å². The molecule has 1 aliphatic rings. The molecule has 5 rings (SSSR count). The third-order valence-corrected chi connectivity index (χ3v) is 6.31. The second-order valence-corrected chi connectivity index (χ2v) is 8.98. The molecule has 4 aromatic rings. The molecule has 0 saturated carbocycles. The number of ether oxygens (including phenoxy) is 2. The number of fused-ring (bicyclic) bond motifs is 1. The van der Waals surface area contributed by atoms with E-state index in [1.54, 1.807) is 4.90 Å². The van der Waals surface area contributed by atoms with Crippen LogP contribution in [0.15, 0.2) is 94.6 Å². The minimum absolute atomic E-state index is 0.0859. The number of benzene rings is 3. The van der Waals surface area contributed by atoms with E-state index in [2.05, 4.69) is 10.2 Å². The Labute approximate surface area is 213 Å². The zero-order valence-corrected chi connectivity index (χ0v) is 20.4. The van der Waals surface area contributed by atoms with E-state index >= 15 is 0 Å². The molecule has 0 N–H and O–H groups in total. The van der Waals surface area contributed by atoms with Gasteiger partial charge in [0.2, 0.25) is 11.8 Å². The van der Waals surface area contributed by atoms with Crippen molar-refractivity contribution in [2.75, 3.05) is 30.4 Å². The van der Waals surface area contributed by atoms with Crippen molar-refractivity contribution in [2.24, 2.45) is 0 Å².